The number of alkyl carbamates (subject to hydrolysis) is 1. The van der Waals surface area contributed by atoms with E-state index in [0.29, 0.717) is 0 Å². The Morgan fingerprint density at radius 2 is 1.62 bits per heavy atom. The van der Waals surface area contributed by atoms with Crippen LogP contribution in [0.3, 0.4) is 0 Å². The topological polar surface area (TPSA) is 64.6 Å². The molecule has 0 bridgehead atoms. The van der Waals surface area contributed by atoms with E-state index >= 15 is 0 Å². The molecule has 1 amide bonds. The summed E-state index contributed by atoms with van der Waals surface area (Å²) in [6.07, 6.45) is 3.42. The van der Waals surface area contributed by atoms with Crippen LogP contribution < -0.4 is 5.32 Å². The van der Waals surface area contributed by atoms with Gasteiger partial charge in [0.15, 0.2) is 5.78 Å². The highest BCUT2D eigenvalue weighted by atomic mass is 16.6. The summed E-state index contributed by atoms with van der Waals surface area (Å²) >= 11 is 0. The Hall–Kier alpha value is -1.10. The van der Waals surface area contributed by atoms with E-state index in [4.69, 9.17) is 9.47 Å². The second-order valence-corrected chi connectivity index (χ2v) is 7.31. The van der Waals surface area contributed by atoms with Crippen LogP contribution in [0.5, 0.6) is 0 Å². The van der Waals surface area contributed by atoms with Gasteiger partial charge >= 0.3 is 6.09 Å². The minimum Gasteiger partial charge on any atom is -0.446 e. The first-order chi connectivity index (χ1) is 9.58. The third-order valence-electron chi connectivity index (χ3n) is 4.06. The molecule has 0 aliphatic heterocycles. The maximum absolute atomic E-state index is 12.6. The van der Waals surface area contributed by atoms with Gasteiger partial charge < -0.3 is 14.8 Å². The third kappa shape index (κ3) is 4.99. The van der Waals surface area contributed by atoms with Gasteiger partial charge in [-0.3, -0.25) is 4.79 Å². The molecule has 0 spiro atoms. The lowest BCUT2D eigenvalue weighted by Crippen LogP contribution is -2.58. The summed E-state index contributed by atoms with van der Waals surface area (Å²) in [7, 11) is 1.53. The fourth-order valence-corrected chi connectivity index (χ4v) is 2.42. The molecule has 5 nitrogen and oxygen atoms in total. The number of hydrogen-bond acceptors (Lipinski definition) is 4. The van der Waals surface area contributed by atoms with Gasteiger partial charge in [-0.15, -0.1) is 0 Å². The molecule has 122 valence electrons. The Labute approximate surface area is 127 Å². The minimum absolute atomic E-state index is 0.0268. The quantitative estimate of drug-likeness (QED) is 0.847. The summed E-state index contributed by atoms with van der Waals surface area (Å²) in [5.74, 6) is -0.0716. The molecule has 1 aliphatic rings. The first-order valence-corrected chi connectivity index (χ1v) is 7.64. The normalized spacial score (nSPS) is 18.4. The number of amides is 1. The molecule has 1 aliphatic carbocycles. The maximum atomic E-state index is 12.6. The van der Waals surface area contributed by atoms with E-state index in [2.05, 4.69) is 5.32 Å². The molecule has 21 heavy (non-hydrogen) atoms. The molecule has 0 aromatic carbocycles. The van der Waals surface area contributed by atoms with Crippen LogP contribution in [0.1, 0.15) is 60.3 Å². The Bertz CT molecular complexity index is 378. The average molecular weight is 299 g/mol. The van der Waals surface area contributed by atoms with Gasteiger partial charge in [0.25, 0.3) is 0 Å². The second-order valence-electron chi connectivity index (χ2n) is 7.31. The van der Waals surface area contributed by atoms with Crippen molar-refractivity contribution < 1.29 is 19.1 Å². The molecule has 1 saturated carbocycles. The molecule has 1 fully saturated rings. The monoisotopic (exact) mass is 299 g/mol. The highest BCUT2D eigenvalue weighted by molar-refractivity contribution is 5.92. The number of carbonyl (C=O) groups excluding carboxylic acids is 2. The molecule has 1 atom stereocenters. The Kier molecular flexibility index (Phi) is 5.79. The van der Waals surface area contributed by atoms with Crippen LogP contribution in [0.25, 0.3) is 0 Å². The number of methoxy groups -OCH3 is 1. The predicted molar refractivity (Wildman–Crippen MR) is 81.2 cm³/mol. The van der Waals surface area contributed by atoms with E-state index in [9.17, 15) is 9.59 Å². The fourth-order valence-electron chi connectivity index (χ4n) is 2.42. The molecule has 1 N–H and O–H groups in total. The minimum atomic E-state index is -0.793. The van der Waals surface area contributed by atoms with Gasteiger partial charge in [-0.2, -0.15) is 0 Å². The van der Waals surface area contributed by atoms with E-state index in [0.717, 1.165) is 25.7 Å². The van der Waals surface area contributed by atoms with E-state index in [1.807, 2.05) is 20.8 Å². The lowest BCUT2D eigenvalue weighted by molar-refractivity contribution is -0.135. The van der Waals surface area contributed by atoms with Crippen molar-refractivity contribution in [3.05, 3.63) is 0 Å². The Balaban J connectivity index is 2.77. The van der Waals surface area contributed by atoms with Crippen LogP contribution in [0, 0.1) is 5.41 Å². The number of hydrogen-bond donors (Lipinski definition) is 1. The molecule has 0 aromatic heterocycles. The van der Waals surface area contributed by atoms with Gasteiger partial charge in [0.05, 0.1) is 5.60 Å². The standard InChI is InChI=1S/C16H29NO4/c1-15(2,3)13(18)12(16(4,5)20-6)17-14(19)21-11-9-7-8-10-11/h11-12H,7-10H2,1-6H3,(H,17,19). The average Bonchev–Trinajstić information content (AvgIpc) is 2.86. The molecular formula is C16H29NO4. The van der Waals surface area contributed by atoms with Crippen molar-refractivity contribution >= 4 is 11.9 Å². The summed E-state index contributed by atoms with van der Waals surface area (Å²) < 4.78 is 10.8. The molecule has 1 unspecified atom stereocenters. The second kappa shape index (κ2) is 6.77. The van der Waals surface area contributed by atoms with Crippen LogP contribution in [-0.2, 0) is 14.3 Å². The summed E-state index contributed by atoms with van der Waals surface area (Å²) in [6, 6.07) is -0.739. The number of ketones is 1. The van der Waals surface area contributed by atoms with Crippen molar-refractivity contribution in [2.45, 2.75) is 78.0 Å². The number of carbonyl (C=O) groups is 2. The van der Waals surface area contributed by atoms with Crippen molar-refractivity contribution in [1.82, 2.24) is 5.32 Å². The fraction of sp³-hybridized carbons (Fsp3) is 0.875. The van der Waals surface area contributed by atoms with Crippen LogP contribution in [-0.4, -0.2) is 36.7 Å². The van der Waals surface area contributed by atoms with E-state index < -0.39 is 23.2 Å². The largest absolute Gasteiger partial charge is 0.446 e. The molecular weight excluding hydrogens is 270 g/mol. The van der Waals surface area contributed by atoms with Crippen molar-refractivity contribution in [3.8, 4) is 0 Å². The van der Waals surface area contributed by atoms with Crippen molar-refractivity contribution in [2.75, 3.05) is 7.11 Å². The lowest BCUT2D eigenvalue weighted by atomic mass is 9.80. The Morgan fingerprint density at radius 3 is 2.05 bits per heavy atom. The number of nitrogens with one attached hydrogen (secondary N) is 1. The van der Waals surface area contributed by atoms with Crippen LogP contribution in [0.15, 0.2) is 0 Å². The van der Waals surface area contributed by atoms with Crippen LogP contribution >= 0.6 is 0 Å². The van der Waals surface area contributed by atoms with Gasteiger partial charge in [0.1, 0.15) is 12.1 Å². The highest BCUT2D eigenvalue weighted by Crippen LogP contribution is 2.25. The van der Waals surface area contributed by atoms with Gasteiger partial charge in [-0.25, -0.2) is 4.79 Å². The summed E-state index contributed by atoms with van der Waals surface area (Å²) in [6.45, 7) is 9.07. The molecule has 0 radical (unpaired) electrons. The van der Waals surface area contributed by atoms with Gasteiger partial charge in [-0.05, 0) is 39.5 Å². The molecule has 0 aromatic rings. The number of rotatable bonds is 5. The number of Topliss-reactive ketones (excluding diaryl/α,β-unsaturated/α-hetero) is 1. The zero-order valence-electron chi connectivity index (χ0n) is 14.1. The third-order valence-corrected chi connectivity index (χ3v) is 4.06. The lowest BCUT2D eigenvalue weighted by Gasteiger charge is -2.36. The zero-order chi connectivity index (χ0) is 16.3. The molecule has 0 saturated heterocycles. The summed E-state index contributed by atoms with van der Waals surface area (Å²) in [5.41, 5.74) is -1.36. The smallest absolute Gasteiger partial charge is 0.408 e. The summed E-state index contributed by atoms with van der Waals surface area (Å²) in [4.78, 5) is 24.7. The summed E-state index contributed by atoms with van der Waals surface area (Å²) in [5, 5.41) is 2.71. The molecule has 0 heterocycles. The SMILES string of the molecule is COC(C)(C)C(NC(=O)OC1CCCC1)C(=O)C(C)(C)C. The predicted octanol–water partition coefficient (Wildman–Crippen LogP) is 3.06. The van der Waals surface area contributed by atoms with Crippen LogP contribution in [0.2, 0.25) is 0 Å². The first kappa shape index (κ1) is 18.0. The molecule has 5 heteroatoms. The van der Waals surface area contributed by atoms with E-state index in [1.54, 1.807) is 13.8 Å². The van der Waals surface area contributed by atoms with E-state index in [1.165, 1.54) is 7.11 Å². The van der Waals surface area contributed by atoms with Gasteiger partial charge in [-0.1, -0.05) is 20.8 Å². The van der Waals surface area contributed by atoms with Crippen LogP contribution in [0.4, 0.5) is 4.79 Å². The first-order valence-electron chi connectivity index (χ1n) is 7.64. The van der Waals surface area contributed by atoms with Crippen molar-refractivity contribution in [1.29, 1.82) is 0 Å². The zero-order valence-corrected chi connectivity index (χ0v) is 14.1. The van der Waals surface area contributed by atoms with Crippen molar-refractivity contribution in [2.24, 2.45) is 5.41 Å². The molecule has 1 rings (SSSR count). The Morgan fingerprint density at radius 1 is 1.10 bits per heavy atom. The maximum Gasteiger partial charge on any atom is 0.408 e. The highest BCUT2D eigenvalue weighted by Gasteiger charge is 2.41. The number of ether oxygens (including phenoxy) is 2. The van der Waals surface area contributed by atoms with Crippen molar-refractivity contribution in [3.63, 3.8) is 0 Å². The van der Waals surface area contributed by atoms with Gasteiger partial charge in [0.2, 0.25) is 0 Å². The van der Waals surface area contributed by atoms with Gasteiger partial charge in [0, 0.05) is 12.5 Å². The van der Waals surface area contributed by atoms with E-state index in [-0.39, 0.29) is 11.9 Å².